The number of benzene rings is 2. The average Bonchev–Trinajstić information content (AvgIpc) is 3.42. The highest BCUT2D eigenvalue weighted by Gasteiger charge is 2.34. The summed E-state index contributed by atoms with van der Waals surface area (Å²) in [6.07, 6.45) is 0.865. The number of aromatic nitrogens is 2. The van der Waals surface area contributed by atoms with Gasteiger partial charge < -0.3 is 5.32 Å². The first kappa shape index (κ1) is 22.1. The van der Waals surface area contributed by atoms with E-state index in [9.17, 15) is 16.8 Å². The van der Waals surface area contributed by atoms with Crippen LogP contribution in [0.15, 0.2) is 76.0 Å². The SMILES string of the molecule is NS(=O)(=O)c1cc2c(cc1Cl)N[C@H](c1cn(-c3ccccc3)nc1-c1cccs1)NS2(=O)=O. The van der Waals surface area contributed by atoms with Gasteiger partial charge in [-0.15, -0.1) is 11.3 Å². The minimum atomic E-state index is -4.21. The summed E-state index contributed by atoms with van der Waals surface area (Å²) in [5, 5.41) is 14.7. The number of rotatable bonds is 4. The molecule has 13 heteroatoms. The van der Waals surface area contributed by atoms with E-state index in [4.69, 9.17) is 21.8 Å². The summed E-state index contributed by atoms with van der Waals surface area (Å²) in [7, 11) is -8.32. The Morgan fingerprint density at radius 1 is 1.12 bits per heavy atom. The molecular weight excluding hydrogens is 506 g/mol. The van der Waals surface area contributed by atoms with Crippen molar-refractivity contribution < 1.29 is 16.8 Å². The van der Waals surface area contributed by atoms with Crippen molar-refractivity contribution in [1.29, 1.82) is 0 Å². The van der Waals surface area contributed by atoms with Crippen molar-refractivity contribution in [3.63, 3.8) is 0 Å². The van der Waals surface area contributed by atoms with Crippen LogP contribution in [0, 0.1) is 0 Å². The molecule has 5 rings (SSSR count). The van der Waals surface area contributed by atoms with E-state index < -0.39 is 31.1 Å². The molecule has 0 bridgehead atoms. The number of nitrogens with zero attached hydrogens (tertiary/aromatic N) is 2. The lowest BCUT2D eigenvalue weighted by molar-refractivity contribution is 0.562. The summed E-state index contributed by atoms with van der Waals surface area (Å²) in [6.45, 7) is 0. The van der Waals surface area contributed by atoms with E-state index in [0.717, 1.165) is 16.6 Å². The lowest BCUT2D eigenvalue weighted by atomic mass is 10.1. The Kier molecular flexibility index (Phi) is 5.31. The summed E-state index contributed by atoms with van der Waals surface area (Å²) in [4.78, 5) is 0.124. The van der Waals surface area contributed by atoms with Crippen LogP contribution < -0.4 is 15.2 Å². The lowest BCUT2D eigenvalue weighted by Gasteiger charge is -2.28. The Bertz CT molecular complexity index is 1570. The molecule has 2 aromatic heterocycles. The second kappa shape index (κ2) is 7.94. The standard InChI is InChI=1S/C20H16ClN5O4S3/c21-14-9-15-18(10-17(14)32(22,27)28)33(29,30)25-20(23-15)13-11-26(12-5-2-1-3-6-12)24-19(13)16-7-4-8-31-16/h1-11,20,23,25H,(H2,22,27,28)/t20-/m0/s1. The van der Waals surface area contributed by atoms with Gasteiger partial charge in [-0.3, -0.25) is 0 Å². The topological polar surface area (TPSA) is 136 Å². The largest absolute Gasteiger partial charge is 0.364 e. The fourth-order valence-corrected chi connectivity index (χ4v) is 6.76. The van der Waals surface area contributed by atoms with Crippen LogP contribution in [0.1, 0.15) is 11.7 Å². The van der Waals surface area contributed by atoms with Crippen LogP contribution in [0.5, 0.6) is 0 Å². The molecular formula is C20H16ClN5O4S3. The minimum Gasteiger partial charge on any atom is -0.364 e. The van der Waals surface area contributed by atoms with Gasteiger partial charge in [-0.05, 0) is 35.7 Å². The van der Waals surface area contributed by atoms with Gasteiger partial charge in [-0.1, -0.05) is 35.9 Å². The molecule has 4 N–H and O–H groups in total. The maximum atomic E-state index is 13.1. The number of anilines is 1. The monoisotopic (exact) mass is 521 g/mol. The van der Waals surface area contributed by atoms with E-state index in [0.29, 0.717) is 11.3 Å². The number of hydrogen-bond acceptors (Lipinski definition) is 7. The van der Waals surface area contributed by atoms with Crippen LogP contribution in [0.4, 0.5) is 5.69 Å². The van der Waals surface area contributed by atoms with Crippen LogP contribution in [0.3, 0.4) is 0 Å². The van der Waals surface area contributed by atoms with Crippen LogP contribution >= 0.6 is 22.9 Å². The molecule has 1 aliphatic heterocycles. The fraction of sp³-hybridized carbons (Fsp3) is 0.0500. The molecule has 0 amide bonds. The predicted octanol–water partition coefficient (Wildman–Crippen LogP) is 3.30. The summed E-state index contributed by atoms with van der Waals surface area (Å²) >= 11 is 7.57. The van der Waals surface area contributed by atoms with Crippen LogP contribution in [-0.2, 0) is 20.0 Å². The molecule has 1 aliphatic rings. The minimum absolute atomic E-state index is 0.153. The van der Waals surface area contributed by atoms with E-state index >= 15 is 0 Å². The van der Waals surface area contributed by atoms with Gasteiger partial charge in [0.05, 0.1) is 21.3 Å². The Labute approximate surface area is 198 Å². The van der Waals surface area contributed by atoms with Gasteiger partial charge in [0.1, 0.15) is 21.7 Å². The number of sulfonamides is 2. The highest BCUT2D eigenvalue weighted by molar-refractivity contribution is 7.90. The molecule has 0 radical (unpaired) electrons. The number of fused-ring (bicyclic) bond motifs is 1. The zero-order valence-electron chi connectivity index (χ0n) is 16.6. The first-order chi connectivity index (χ1) is 15.6. The summed E-state index contributed by atoms with van der Waals surface area (Å²) < 4.78 is 54.0. The van der Waals surface area contributed by atoms with E-state index in [1.807, 2.05) is 47.8 Å². The Balaban J connectivity index is 1.64. The van der Waals surface area contributed by atoms with Crippen molar-refractivity contribution >= 4 is 48.7 Å². The van der Waals surface area contributed by atoms with Gasteiger partial charge >= 0.3 is 0 Å². The quantitative estimate of drug-likeness (QED) is 0.377. The zero-order chi connectivity index (χ0) is 23.4. The number of hydrogen-bond donors (Lipinski definition) is 3. The van der Waals surface area contributed by atoms with Gasteiger partial charge in [-0.2, -0.15) is 9.82 Å². The van der Waals surface area contributed by atoms with Crippen LogP contribution in [0.25, 0.3) is 16.3 Å². The first-order valence-corrected chi connectivity index (χ1v) is 13.8. The smallest absolute Gasteiger partial charge is 0.244 e. The molecule has 2 aromatic carbocycles. The third-order valence-corrected chi connectivity index (χ3v) is 8.75. The Morgan fingerprint density at radius 2 is 1.88 bits per heavy atom. The normalized spacial score (nSPS) is 17.3. The number of halogens is 1. The van der Waals surface area contributed by atoms with E-state index in [1.54, 1.807) is 10.9 Å². The van der Waals surface area contributed by atoms with Crippen molar-refractivity contribution in [3.05, 3.63) is 76.8 Å². The molecule has 1 atom stereocenters. The van der Waals surface area contributed by atoms with Crippen molar-refractivity contribution in [2.24, 2.45) is 5.14 Å². The van der Waals surface area contributed by atoms with Gasteiger partial charge in [0.2, 0.25) is 20.0 Å². The third kappa shape index (κ3) is 4.05. The summed E-state index contributed by atoms with van der Waals surface area (Å²) in [5.74, 6) is 0. The van der Waals surface area contributed by atoms with Crippen LogP contribution in [0.2, 0.25) is 5.02 Å². The predicted molar refractivity (Wildman–Crippen MR) is 126 cm³/mol. The van der Waals surface area contributed by atoms with Gasteiger partial charge in [0.25, 0.3) is 0 Å². The molecule has 0 fully saturated rings. The molecule has 9 nitrogen and oxygen atoms in total. The highest BCUT2D eigenvalue weighted by Crippen LogP contribution is 2.39. The molecule has 0 aliphatic carbocycles. The average molecular weight is 522 g/mol. The molecule has 0 saturated carbocycles. The fourth-order valence-electron chi connectivity index (χ4n) is 3.55. The number of primary sulfonamides is 1. The van der Waals surface area contributed by atoms with Gasteiger partial charge in [-0.25, -0.2) is 26.7 Å². The second-order valence-corrected chi connectivity index (χ2v) is 11.8. The molecule has 3 heterocycles. The molecule has 170 valence electrons. The maximum absolute atomic E-state index is 13.1. The molecule has 0 spiro atoms. The number of nitrogens with two attached hydrogens (primary N) is 1. The summed E-state index contributed by atoms with van der Waals surface area (Å²) in [5.41, 5.74) is 2.15. The second-order valence-electron chi connectivity index (χ2n) is 7.21. The third-order valence-electron chi connectivity index (χ3n) is 5.03. The first-order valence-electron chi connectivity index (χ1n) is 9.47. The van der Waals surface area contributed by atoms with E-state index in [-0.39, 0.29) is 15.6 Å². The van der Waals surface area contributed by atoms with Crippen molar-refractivity contribution in [2.45, 2.75) is 16.0 Å². The number of para-hydroxylation sites is 1. The Hall–Kier alpha value is -2.74. The maximum Gasteiger partial charge on any atom is 0.244 e. The van der Waals surface area contributed by atoms with Crippen molar-refractivity contribution in [2.75, 3.05) is 5.32 Å². The molecule has 0 saturated heterocycles. The lowest BCUT2D eigenvalue weighted by Crippen LogP contribution is -2.38. The number of thiophene rings is 1. The molecule has 4 aromatic rings. The highest BCUT2D eigenvalue weighted by atomic mass is 35.5. The zero-order valence-corrected chi connectivity index (χ0v) is 19.8. The van der Waals surface area contributed by atoms with E-state index in [1.165, 1.54) is 17.4 Å². The van der Waals surface area contributed by atoms with Gasteiger partial charge in [0, 0.05) is 11.8 Å². The van der Waals surface area contributed by atoms with Crippen molar-refractivity contribution in [3.8, 4) is 16.3 Å². The number of nitrogens with one attached hydrogen (secondary N) is 2. The molecule has 33 heavy (non-hydrogen) atoms. The van der Waals surface area contributed by atoms with E-state index in [2.05, 4.69) is 10.0 Å². The van der Waals surface area contributed by atoms with Crippen molar-refractivity contribution in [1.82, 2.24) is 14.5 Å². The molecule has 0 unspecified atom stereocenters. The Morgan fingerprint density at radius 3 is 2.55 bits per heavy atom. The van der Waals surface area contributed by atoms with Gasteiger partial charge in [0.15, 0.2) is 0 Å². The summed E-state index contributed by atoms with van der Waals surface area (Å²) in [6, 6.07) is 15.4. The van der Waals surface area contributed by atoms with Crippen LogP contribution in [-0.4, -0.2) is 26.6 Å².